The molecule has 0 fully saturated rings. The zero-order valence-corrected chi connectivity index (χ0v) is 17.7. The molecule has 0 saturated carbocycles. The van der Waals surface area contributed by atoms with Gasteiger partial charge in [-0.3, -0.25) is 9.59 Å². The van der Waals surface area contributed by atoms with Gasteiger partial charge < -0.3 is 15.2 Å². The zero-order valence-electron chi connectivity index (χ0n) is 16.0. The van der Waals surface area contributed by atoms with Crippen molar-refractivity contribution in [1.82, 2.24) is 10.1 Å². The van der Waals surface area contributed by atoms with Crippen LogP contribution in [-0.4, -0.2) is 33.5 Å². The van der Waals surface area contributed by atoms with Gasteiger partial charge in [0.05, 0.1) is 21.7 Å². The molecule has 0 aliphatic rings. The van der Waals surface area contributed by atoms with E-state index in [0.717, 1.165) is 20.8 Å². The summed E-state index contributed by atoms with van der Waals surface area (Å²) < 4.78 is 6.02. The highest BCUT2D eigenvalue weighted by molar-refractivity contribution is 8.00. The molecule has 7 nitrogen and oxygen atoms in total. The van der Waals surface area contributed by atoms with Crippen LogP contribution in [0.25, 0.3) is 20.8 Å². The van der Waals surface area contributed by atoms with Gasteiger partial charge in [0.25, 0.3) is 0 Å². The lowest BCUT2D eigenvalue weighted by atomic mass is 10.2. The Balaban J connectivity index is 1.30. The number of thiazole rings is 1. The first-order chi connectivity index (χ1) is 14.6. The van der Waals surface area contributed by atoms with E-state index in [1.807, 2.05) is 48.5 Å². The number of hydrogen-bond donors (Lipinski definition) is 2. The lowest BCUT2D eigenvalue weighted by Crippen LogP contribution is -2.18. The fourth-order valence-corrected chi connectivity index (χ4v) is 4.34. The summed E-state index contributed by atoms with van der Waals surface area (Å²) in [6, 6.07) is 17.2. The second-order valence-corrected chi connectivity index (χ2v) is 8.50. The first-order valence-electron chi connectivity index (χ1n) is 9.13. The van der Waals surface area contributed by atoms with Crippen LogP contribution in [0.3, 0.4) is 0 Å². The van der Waals surface area contributed by atoms with Gasteiger partial charge in [-0.25, -0.2) is 4.98 Å². The first-order valence-corrected chi connectivity index (χ1v) is 11.1. The highest BCUT2D eigenvalue weighted by atomic mass is 32.2. The van der Waals surface area contributed by atoms with Crippen LogP contribution < -0.4 is 10.6 Å². The summed E-state index contributed by atoms with van der Waals surface area (Å²) in [5, 5.41) is 10.1. The van der Waals surface area contributed by atoms with Crippen molar-refractivity contribution in [2.24, 2.45) is 0 Å². The van der Waals surface area contributed by atoms with Crippen LogP contribution in [-0.2, 0) is 9.59 Å². The van der Waals surface area contributed by atoms with Crippen molar-refractivity contribution in [3.8, 4) is 10.6 Å². The predicted octanol–water partition coefficient (Wildman–Crippen LogP) is 4.57. The average molecular weight is 439 g/mol. The third-order valence-corrected chi connectivity index (χ3v) is 6.07. The Kier molecular flexibility index (Phi) is 6.10. The second kappa shape index (κ2) is 9.10. The first kappa shape index (κ1) is 20.1. The lowest BCUT2D eigenvalue weighted by molar-refractivity contribution is -0.114. The number of aryl methyl sites for hydroxylation is 1. The Morgan fingerprint density at radius 2 is 1.83 bits per heavy atom. The topological polar surface area (TPSA) is 97.1 Å². The van der Waals surface area contributed by atoms with Crippen molar-refractivity contribution >= 4 is 56.6 Å². The molecule has 0 spiro atoms. The molecule has 9 heteroatoms. The minimum absolute atomic E-state index is 0.144. The number of benzene rings is 2. The van der Waals surface area contributed by atoms with Gasteiger partial charge in [0, 0.05) is 17.3 Å². The largest absolute Gasteiger partial charge is 0.360 e. The number of thioether (sulfide) groups is 1. The van der Waals surface area contributed by atoms with Gasteiger partial charge in [0.1, 0.15) is 10.8 Å². The number of aromatic nitrogens is 2. The fourth-order valence-electron chi connectivity index (χ4n) is 2.76. The second-order valence-electron chi connectivity index (χ2n) is 6.48. The maximum atomic E-state index is 12.2. The summed E-state index contributed by atoms with van der Waals surface area (Å²) in [4.78, 5) is 28.8. The average Bonchev–Trinajstić information content (AvgIpc) is 3.34. The van der Waals surface area contributed by atoms with Crippen molar-refractivity contribution in [1.29, 1.82) is 0 Å². The molecule has 2 aromatic carbocycles. The molecule has 152 valence electrons. The van der Waals surface area contributed by atoms with E-state index in [9.17, 15) is 9.59 Å². The number of anilines is 2. The molecular formula is C21H18N4O3S2. The van der Waals surface area contributed by atoms with E-state index < -0.39 is 0 Å². The monoisotopic (exact) mass is 438 g/mol. The summed E-state index contributed by atoms with van der Waals surface area (Å²) in [6.45, 7) is 1.74. The SMILES string of the molecule is Cc1cc(NC(=O)CSCC(=O)Nc2cccc(-c3nc4ccccc4s3)c2)no1. The molecule has 30 heavy (non-hydrogen) atoms. The number of nitrogens with one attached hydrogen (secondary N) is 2. The number of nitrogens with zero attached hydrogens (tertiary/aromatic N) is 2. The smallest absolute Gasteiger partial charge is 0.235 e. The molecule has 2 aromatic heterocycles. The van der Waals surface area contributed by atoms with E-state index in [1.165, 1.54) is 11.8 Å². The highest BCUT2D eigenvalue weighted by Crippen LogP contribution is 2.31. The molecule has 4 rings (SSSR count). The molecule has 0 aliphatic carbocycles. The molecule has 0 saturated heterocycles. The Hall–Kier alpha value is -3.17. The van der Waals surface area contributed by atoms with Crippen LogP contribution in [0.15, 0.2) is 59.1 Å². The van der Waals surface area contributed by atoms with Gasteiger partial charge in [-0.1, -0.05) is 29.4 Å². The van der Waals surface area contributed by atoms with Crippen molar-refractivity contribution in [2.75, 3.05) is 22.1 Å². The van der Waals surface area contributed by atoms with E-state index in [-0.39, 0.29) is 23.3 Å². The number of carbonyl (C=O) groups is 2. The molecule has 0 atom stereocenters. The number of rotatable bonds is 7. The minimum Gasteiger partial charge on any atom is -0.360 e. The minimum atomic E-state index is -0.237. The molecular weight excluding hydrogens is 420 g/mol. The van der Waals surface area contributed by atoms with Crippen LogP contribution in [0.1, 0.15) is 5.76 Å². The summed E-state index contributed by atoms with van der Waals surface area (Å²) >= 11 is 2.84. The number of para-hydroxylation sites is 1. The third-order valence-electron chi connectivity index (χ3n) is 4.05. The molecule has 2 amide bonds. The third kappa shape index (κ3) is 5.05. The maximum Gasteiger partial charge on any atom is 0.235 e. The molecule has 2 heterocycles. The van der Waals surface area contributed by atoms with Crippen molar-refractivity contribution in [2.45, 2.75) is 6.92 Å². The highest BCUT2D eigenvalue weighted by Gasteiger charge is 2.10. The molecule has 0 bridgehead atoms. The van der Waals surface area contributed by atoms with Crippen LogP contribution in [0.2, 0.25) is 0 Å². The van der Waals surface area contributed by atoms with Crippen LogP contribution in [0, 0.1) is 6.92 Å². The Labute approximate surface area is 180 Å². The summed E-state index contributed by atoms with van der Waals surface area (Å²) in [7, 11) is 0. The predicted molar refractivity (Wildman–Crippen MR) is 121 cm³/mol. The number of amides is 2. The van der Waals surface area contributed by atoms with E-state index in [4.69, 9.17) is 4.52 Å². The quantitative estimate of drug-likeness (QED) is 0.439. The van der Waals surface area contributed by atoms with Gasteiger partial charge in [0.15, 0.2) is 5.82 Å². The van der Waals surface area contributed by atoms with E-state index in [2.05, 4.69) is 20.8 Å². The van der Waals surface area contributed by atoms with Crippen molar-refractivity contribution in [3.63, 3.8) is 0 Å². The summed E-state index contributed by atoms with van der Waals surface area (Å²) in [6.07, 6.45) is 0. The molecule has 0 unspecified atom stereocenters. The van der Waals surface area contributed by atoms with Gasteiger partial charge in [0.2, 0.25) is 11.8 Å². The van der Waals surface area contributed by atoms with Crippen molar-refractivity contribution in [3.05, 3.63) is 60.4 Å². The fraction of sp³-hybridized carbons (Fsp3) is 0.143. The number of hydrogen-bond acceptors (Lipinski definition) is 7. The van der Waals surface area contributed by atoms with Gasteiger partial charge >= 0.3 is 0 Å². The van der Waals surface area contributed by atoms with Gasteiger partial charge in [-0.15, -0.1) is 23.1 Å². The Morgan fingerprint density at radius 1 is 1.03 bits per heavy atom. The summed E-state index contributed by atoms with van der Waals surface area (Å²) in [5.41, 5.74) is 2.60. The van der Waals surface area contributed by atoms with E-state index in [0.29, 0.717) is 17.3 Å². The lowest BCUT2D eigenvalue weighted by Gasteiger charge is -2.06. The number of carbonyl (C=O) groups excluding carboxylic acids is 2. The van der Waals surface area contributed by atoms with Gasteiger partial charge in [-0.05, 0) is 31.2 Å². The van der Waals surface area contributed by atoms with Crippen LogP contribution in [0.5, 0.6) is 0 Å². The molecule has 0 radical (unpaired) electrons. The van der Waals surface area contributed by atoms with E-state index >= 15 is 0 Å². The van der Waals surface area contributed by atoms with Crippen molar-refractivity contribution < 1.29 is 14.1 Å². The van der Waals surface area contributed by atoms with Crippen LogP contribution >= 0.6 is 23.1 Å². The molecule has 4 aromatic rings. The standard InChI is InChI=1S/C21H18N4O3S2/c1-13-9-18(25-28-13)24-20(27)12-29-11-19(26)22-15-6-4-5-14(10-15)21-23-16-7-2-3-8-17(16)30-21/h2-10H,11-12H2,1H3,(H,22,26)(H,24,25,27). The van der Waals surface area contributed by atoms with E-state index in [1.54, 1.807) is 24.3 Å². The summed E-state index contributed by atoms with van der Waals surface area (Å²) in [5.74, 6) is 0.881. The number of fused-ring (bicyclic) bond motifs is 1. The normalized spacial score (nSPS) is 10.8. The zero-order chi connectivity index (χ0) is 20.9. The Morgan fingerprint density at radius 3 is 2.60 bits per heavy atom. The maximum absolute atomic E-state index is 12.2. The Bertz CT molecular complexity index is 1170. The van der Waals surface area contributed by atoms with Crippen LogP contribution in [0.4, 0.5) is 11.5 Å². The van der Waals surface area contributed by atoms with Gasteiger partial charge in [-0.2, -0.15) is 0 Å². The molecule has 0 aliphatic heterocycles. The molecule has 2 N–H and O–H groups in total.